The minimum atomic E-state index is 0.716. The SMILES string of the molecule is [CH2]Cc1c(-c2ccc(Cl)cc2)csc1N. The van der Waals surface area contributed by atoms with Crippen molar-refractivity contribution >= 4 is 27.9 Å². The third-order valence-corrected chi connectivity index (χ3v) is 3.44. The minimum Gasteiger partial charge on any atom is -0.390 e. The molecule has 1 heterocycles. The summed E-state index contributed by atoms with van der Waals surface area (Å²) in [6.07, 6.45) is 0.716. The summed E-state index contributed by atoms with van der Waals surface area (Å²) in [5.74, 6) is 0. The summed E-state index contributed by atoms with van der Waals surface area (Å²) < 4.78 is 0. The molecule has 2 N–H and O–H groups in total. The molecule has 1 radical (unpaired) electrons. The zero-order valence-electron chi connectivity index (χ0n) is 8.16. The van der Waals surface area contributed by atoms with E-state index in [4.69, 9.17) is 17.3 Å². The molecule has 0 aliphatic rings. The van der Waals surface area contributed by atoms with Crippen LogP contribution in [0.3, 0.4) is 0 Å². The summed E-state index contributed by atoms with van der Waals surface area (Å²) in [6.45, 7) is 3.89. The number of hydrogen-bond acceptors (Lipinski definition) is 2. The van der Waals surface area contributed by atoms with Crippen molar-refractivity contribution in [1.29, 1.82) is 0 Å². The maximum absolute atomic E-state index is 5.87. The maximum Gasteiger partial charge on any atom is 0.0895 e. The lowest BCUT2D eigenvalue weighted by Gasteiger charge is -2.03. The van der Waals surface area contributed by atoms with E-state index in [2.05, 4.69) is 12.3 Å². The van der Waals surface area contributed by atoms with Crippen molar-refractivity contribution < 1.29 is 0 Å². The summed E-state index contributed by atoms with van der Waals surface area (Å²) >= 11 is 7.40. The highest BCUT2D eigenvalue weighted by atomic mass is 35.5. The van der Waals surface area contributed by atoms with Gasteiger partial charge in [-0.05, 0) is 42.2 Å². The highest BCUT2D eigenvalue weighted by Gasteiger charge is 2.08. The second-order valence-electron chi connectivity index (χ2n) is 3.25. The van der Waals surface area contributed by atoms with Crippen LogP contribution in [0.1, 0.15) is 5.56 Å². The Morgan fingerprint density at radius 1 is 1.27 bits per heavy atom. The molecule has 0 spiro atoms. The monoisotopic (exact) mass is 236 g/mol. The normalized spacial score (nSPS) is 10.5. The summed E-state index contributed by atoms with van der Waals surface area (Å²) in [4.78, 5) is 0. The predicted octanol–water partition coefficient (Wildman–Crippen LogP) is 4.03. The first-order valence-corrected chi connectivity index (χ1v) is 5.89. The average molecular weight is 237 g/mol. The molecule has 0 bridgehead atoms. The molecule has 3 heteroatoms. The van der Waals surface area contributed by atoms with Crippen molar-refractivity contribution in [3.05, 3.63) is 47.2 Å². The van der Waals surface area contributed by atoms with Gasteiger partial charge >= 0.3 is 0 Å². The molecule has 0 aliphatic heterocycles. The van der Waals surface area contributed by atoms with Crippen LogP contribution >= 0.6 is 22.9 Å². The first-order chi connectivity index (χ1) is 7.22. The van der Waals surface area contributed by atoms with E-state index in [1.807, 2.05) is 24.3 Å². The maximum atomic E-state index is 5.87. The van der Waals surface area contributed by atoms with Crippen LogP contribution in [0.15, 0.2) is 29.6 Å². The first-order valence-electron chi connectivity index (χ1n) is 4.63. The van der Waals surface area contributed by atoms with Gasteiger partial charge in [0.2, 0.25) is 0 Å². The molecule has 0 atom stereocenters. The third kappa shape index (κ3) is 2.01. The molecule has 1 nitrogen and oxygen atoms in total. The van der Waals surface area contributed by atoms with Crippen LogP contribution in [0.25, 0.3) is 11.1 Å². The van der Waals surface area contributed by atoms with Crippen molar-refractivity contribution in [2.45, 2.75) is 6.42 Å². The molecule has 0 amide bonds. The van der Waals surface area contributed by atoms with E-state index in [1.165, 1.54) is 5.56 Å². The van der Waals surface area contributed by atoms with E-state index >= 15 is 0 Å². The van der Waals surface area contributed by atoms with Crippen LogP contribution in [-0.4, -0.2) is 0 Å². The standard InChI is InChI=1S/C12H11ClNS/c1-2-10-11(7-15-12(10)14)8-3-5-9(13)6-4-8/h3-7H,1-2,14H2. The third-order valence-electron chi connectivity index (χ3n) is 2.33. The van der Waals surface area contributed by atoms with E-state index in [-0.39, 0.29) is 0 Å². The summed E-state index contributed by atoms with van der Waals surface area (Å²) in [7, 11) is 0. The highest BCUT2D eigenvalue weighted by molar-refractivity contribution is 7.14. The van der Waals surface area contributed by atoms with Gasteiger partial charge in [-0.25, -0.2) is 0 Å². The fraction of sp³-hybridized carbons (Fsp3) is 0.0833. The van der Waals surface area contributed by atoms with Gasteiger partial charge in [0.05, 0.1) is 5.00 Å². The number of hydrogen-bond donors (Lipinski definition) is 1. The van der Waals surface area contributed by atoms with Crippen LogP contribution in [0.5, 0.6) is 0 Å². The van der Waals surface area contributed by atoms with Crippen LogP contribution in [0.4, 0.5) is 5.00 Å². The van der Waals surface area contributed by atoms with E-state index in [1.54, 1.807) is 11.3 Å². The zero-order valence-corrected chi connectivity index (χ0v) is 9.74. The van der Waals surface area contributed by atoms with Gasteiger partial charge in [-0.2, -0.15) is 0 Å². The summed E-state index contributed by atoms with van der Waals surface area (Å²) in [5.41, 5.74) is 9.31. The van der Waals surface area contributed by atoms with Crippen molar-refractivity contribution in [2.75, 3.05) is 5.73 Å². The van der Waals surface area contributed by atoms with Crippen LogP contribution < -0.4 is 5.73 Å². The Bertz CT molecular complexity index is 459. The molecule has 0 saturated carbocycles. The highest BCUT2D eigenvalue weighted by Crippen LogP contribution is 2.34. The van der Waals surface area contributed by atoms with Gasteiger partial charge in [0, 0.05) is 10.4 Å². The van der Waals surface area contributed by atoms with E-state index in [0.717, 1.165) is 21.2 Å². The topological polar surface area (TPSA) is 26.0 Å². The molecule has 2 aromatic rings. The average Bonchev–Trinajstić information content (AvgIpc) is 2.61. The molecular formula is C12H11ClNS. The van der Waals surface area contributed by atoms with Gasteiger partial charge in [0.25, 0.3) is 0 Å². The zero-order chi connectivity index (χ0) is 10.8. The number of nitrogen functional groups attached to an aromatic ring is 1. The second kappa shape index (κ2) is 4.25. The number of nitrogens with two attached hydrogens (primary N) is 1. The number of halogens is 1. The molecule has 1 aromatic carbocycles. The summed E-state index contributed by atoms with van der Waals surface area (Å²) in [5, 5.41) is 3.67. The smallest absolute Gasteiger partial charge is 0.0895 e. The Labute approximate surface area is 98.5 Å². The lowest BCUT2D eigenvalue weighted by molar-refractivity contribution is 1.30. The largest absolute Gasteiger partial charge is 0.390 e. The molecule has 0 fully saturated rings. The second-order valence-corrected chi connectivity index (χ2v) is 4.60. The lowest BCUT2D eigenvalue weighted by Crippen LogP contribution is -1.88. The van der Waals surface area contributed by atoms with E-state index in [0.29, 0.717) is 6.42 Å². The van der Waals surface area contributed by atoms with Crippen LogP contribution in [0.2, 0.25) is 5.02 Å². The molecule has 15 heavy (non-hydrogen) atoms. The molecular weight excluding hydrogens is 226 g/mol. The molecule has 0 saturated heterocycles. The fourth-order valence-corrected chi connectivity index (χ4v) is 2.53. The van der Waals surface area contributed by atoms with Crippen molar-refractivity contribution in [3.8, 4) is 11.1 Å². The number of thiophene rings is 1. The fourth-order valence-electron chi connectivity index (χ4n) is 1.53. The summed E-state index contributed by atoms with van der Waals surface area (Å²) in [6, 6.07) is 7.78. The molecule has 0 aliphatic carbocycles. The molecule has 0 unspecified atom stereocenters. The lowest BCUT2D eigenvalue weighted by atomic mass is 10.0. The first kappa shape index (κ1) is 10.5. The van der Waals surface area contributed by atoms with Gasteiger partial charge in [-0.15, -0.1) is 11.3 Å². The van der Waals surface area contributed by atoms with Gasteiger partial charge in [-0.1, -0.05) is 23.7 Å². The number of rotatable bonds is 2. The Morgan fingerprint density at radius 3 is 2.53 bits per heavy atom. The quantitative estimate of drug-likeness (QED) is 0.837. The number of anilines is 1. The van der Waals surface area contributed by atoms with Crippen LogP contribution in [-0.2, 0) is 6.42 Å². The van der Waals surface area contributed by atoms with Gasteiger partial charge < -0.3 is 5.73 Å². The van der Waals surface area contributed by atoms with Crippen molar-refractivity contribution in [1.82, 2.24) is 0 Å². The van der Waals surface area contributed by atoms with Crippen molar-refractivity contribution in [2.24, 2.45) is 0 Å². The Morgan fingerprint density at radius 2 is 1.93 bits per heavy atom. The predicted molar refractivity (Wildman–Crippen MR) is 68.2 cm³/mol. The van der Waals surface area contributed by atoms with Crippen molar-refractivity contribution in [3.63, 3.8) is 0 Å². The minimum absolute atomic E-state index is 0.716. The Kier molecular flexibility index (Phi) is 2.98. The molecule has 77 valence electrons. The van der Waals surface area contributed by atoms with Gasteiger partial charge in [0.1, 0.15) is 0 Å². The van der Waals surface area contributed by atoms with Gasteiger partial charge in [0.15, 0.2) is 0 Å². The van der Waals surface area contributed by atoms with E-state index < -0.39 is 0 Å². The van der Waals surface area contributed by atoms with E-state index in [9.17, 15) is 0 Å². The molecule has 2 rings (SSSR count). The Balaban J connectivity index is 2.49. The molecule has 1 aromatic heterocycles. The Hall–Kier alpha value is -0.990. The number of benzene rings is 1. The van der Waals surface area contributed by atoms with Gasteiger partial charge in [-0.3, -0.25) is 0 Å². The van der Waals surface area contributed by atoms with Crippen LogP contribution in [0, 0.1) is 6.92 Å².